The molecule has 1 atom stereocenters. The van der Waals surface area contributed by atoms with Crippen LogP contribution in [0.1, 0.15) is 18.4 Å². The number of carbonyl (C=O) groups excluding carboxylic acids is 1. The molecule has 2 heterocycles. The van der Waals surface area contributed by atoms with Crippen molar-refractivity contribution < 1.29 is 14.3 Å². The molecule has 2 aliphatic heterocycles. The summed E-state index contributed by atoms with van der Waals surface area (Å²) in [5.41, 5.74) is 1.07. The first-order chi connectivity index (χ1) is 9.28. The van der Waals surface area contributed by atoms with Crippen LogP contribution in [0.4, 0.5) is 0 Å². The lowest BCUT2D eigenvalue weighted by Crippen LogP contribution is -2.39. The Morgan fingerprint density at radius 1 is 1.37 bits per heavy atom. The molecule has 1 aromatic rings. The third-order valence-corrected chi connectivity index (χ3v) is 3.94. The zero-order chi connectivity index (χ0) is 13.2. The van der Waals surface area contributed by atoms with Crippen molar-refractivity contribution in [1.82, 2.24) is 4.90 Å². The topological polar surface area (TPSA) is 38.8 Å². The summed E-state index contributed by atoms with van der Waals surface area (Å²) in [6.45, 7) is 2.30. The third kappa shape index (κ3) is 2.39. The molecular weight excluding hydrogens is 242 g/mol. The van der Waals surface area contributed by atoms with Crippen molar-refractivity contribution in [2.24, 2.45) is 5.92 Å². The number of ether oxygens (including phenoxy) is 2. The Balaban J connectivity index is 1.75. The quantitative estimate of drug-likeness (QED) is 0.815. The van der Waals surface area contributed by atoms with Crippen molar-refractivity contribution in [3.8, 4) is 11.5 Å². The smallest absolute Gasteiger partial charge is 0.229 e. The fourth-order valence-corrected chi connectivity index (χ4v) is 2.85. The van der Waals surface area contributed by atoms with Gasteiger partial charge >= 0.3 is 0 Å². The Hall–Kier alpha value is -1.71. The lowest BCUT2D eigenvalue weighted by molar-refractivity contribution is -0.135. The molecule has 0 saturated carbocycles. The molecule has 19 heavy (non-hydrogen) atoms. The van der Waals surface area contributed by atoms with E-state index in [1.165, 1.54) is 0 Å². The molecular formula is C15H19NO3. The minimum absolute atomic E-state index is 0.0438. The SMILES string of the molecule is COc1ccc2c(c1)CC(C(=O)N1CCCC1)CO2. The molecule has 102 valence electrons. The van der Waals surface area contributed by atoms with Crippen molar-refractivity contribution >= 4 is 5.91 Å². The average molecular weight is 261 g/mol. The maximum atomic E-state index is 12.4. The van der Waals surface area contributed by atoms with Crippen molar-refractivity contribution in [2.45, 2.75) is 19.3 Å². The fourth-order valence-electron chi connectivity index (χ4n) is 2.85. The zero-order valence-electron chi connectivity index (χ0n) is 11.2. The standard InChI is InChI=1S/C15H19NO3/c1-18-13-4-5-14-11(9-13)8-12(10-19-14)15(17)16-6-2-3-7-16/h4-5,9,12H,2-3,6-8,10H2,1H3. The largest absolute Gasteiger partial charge is 0.497 e. The van der Waals surface area contributed by atoms with Crippen molar-refractivity contribution in [2.75, 3.05) is 26.8 Å². The number of hydrogen-bond donors (Lipinski definition) is 0. The van der Waals surface area contributed by atoms with E-state index >= 15 is 0 Å². The molecule has 0 aliphatic carbocycles. The van der Waals surface area contributed by atoms with E-state index in [1.54, 1.807) is 7.11 Å². The molecule has 2 aliphatic rings. The monoisotopic (exact) mass is 261 g/mol. The van der Waals surface area contributed by atoms with Gasteiger partial charge in [0.2, 0.25) is 5.91 Å². The number of amides is 1. The van der Waals surface area contributed by atoms with Crippen LogP contribution in [0.15, 0.2) is 18.2 Å². The Labute approximate surface area is 113 Å². The van der Waals surface area contributed by atoms with Crippen LogP contribution in [0.3, 0.4) is 0 Å². The maximum Gasteiger partial charge on any atom is 0.229 e. The first-order valence-corrected chi connectivity index (χ1v) is 6.86. The Morgan fingerprint density at radius 3 is 2.89 bits per heavy atom. The molecule has 0 spiro atoms. The van der Waals surface area contributed by atoms with E-state index in [1.807, 2.05) is 23.1 Å². The summed E-state index contributed by atoms with van der Waals surface area (Å²) in [7, 11) is 1.65. The highest BCUT2D eigenvalue weighted by molar-refractivity contribution is 5.80. The summed E-state index contributed by atoms with van der Waals surface area (Å²) in [5.74, 6) is 1.89. The molecule has 0 N–H and O–H groups in total. The van der Waals surface area contributed by atoms with Gasteiger partial charge in [0, 0.05) is 13.1 Å². The van der Waals surface area contributed by atoms with E-state index in [4.69, 9.17) is 9.47 Å². The second-order valence-electron chi connectivity index (χ2n) is 5.22. The number of rotatable bonds is 2. The first kappa shape index (κ1) is 12.3. The molecule has 4 heteroatoms. The number of fused-ring (bicyclic) bond motifs is 1. The number of methoxy groups -OCH3 is 1. The van der Waals surface area contributed by atoms with Gasteiger partial charge < -0.3 is 14.4 Å². The van der Waals surface area contributed by atoms with Crippen molar-refractivity contribution in [1.29, 1.82) is 0 Å². The predicted octanol–water partition coefficient (Wildman–Crippen LogP) is 1.87. The molecule has 1 amide bonds. The van der Waals surface area contributed by atoms with Gasteiger partial charge in [0.25, 0.3) is 0 Å². The molecule has 1 aromatic carbocycles. The molecule has 1 saturated heterocycles. The predicted molar refractivity (Wildman–Crippen MR) is 71.5 cm³/mol. The lowest BCUT2D eigenvalue weighted by Gasteiger charge is -2.28. The van der Waals surface area contributed by atoms with Crippen LogP contribution in [0.5, 0.6) is 11.5 Å². The first-order valence-electron chi connectivity index (χ1n) is 6.86. The average Bonchev–Trinajstić information content (AvgIpc) is 2.99. The van der Waals surface area contributed by atoms with Crippen LogP contribution in [-0.2, 0) is 11.2 Å². The third-order valence-electron chi connectivity index (χ3n) is 3.94. The lowest BCUT2D eigenvalue weighted by atomic mass is 9.95. The van der Waals surface area contributed by atoms with Gasteiger partial charge in [-0.2, -0.15) is 0 Å². The molecule has 3 rings (SSSR count). The highest BCUT2D eigenvalue weighted by atomic mass is 16.5. The number of hydrogen-bond acceptors (Lipinski definition) is 3. The number of carbonyl (C=O) groups is 1. The fraction of sp³-hybridized carbons (Fsp3) is 0.533. The summed E-state index contributed by atoms with van der Waals surface area (Å²) in [4.78, 5) is 14.4. The summed E-state index contributed by atoms with van der Waals surface area (Å²) in [6, 6.07) is 5.78. The van der Waals surface area contributed by atoms with E-state index in [9.17, 15) is 4.79 Å². The zero-order valence-corrected chi connectivity index (χ0v) is 11.2. The molecule has 4 nitrogen and oxygen atoms in total. The van der Waals surface area contributed by atoms with Gasteiger partial charge in [-0.3, -0.25) is 4.79 Å². The highest BCUT2D eigenvalue weighted by Gasteiger charge is 2.30. The van der Waals surface area contributed by atoms with Crippen LogP contribution < -0.4 is 9.47 Å². The van der Waals surface area contributed by atoms with Gasteiger partial charge in [-0.15, -0.1) is 0 Å². The van der Waals surface area contributed by atoms with Gasteiger partial charge in [0.1, 0.15) is 18.1 Å². The Kier molecular flexibility index (Phi) is 3.32. The van der Waals surface area contributed by atoms with E-state index in [2.05, 4.69) is 0 Å². The molecule has 1 fully saturated rings. The number of likely N-dealkylation sites (tertiary alicyclic amines) is 1. The second-order valence-corrected chi connectivity index (χ2v) is 5.22. The van der Waals surface area contributed by atoms with Crippen molar-refractivity contribution in [3.63, 3.8) is 0 Å². The highest BCUT2D eigenvalue weighted by Crippen LogP contribution is 2.31. The maximum absolute atomic E-state index is 12.4. The van der Waals surface area contributed by atoms with Gasteiger partial charge in [0.05, 0.1) is 13.0 Å². The Morgan fingerprint density at radius 2 is 2.16 bits per heavy atom. The number of nitrogens with zero attached hydrogens (tertiary/aromatic N) is 1. The molecule has 1 unspecified atom stereocenters. The van der Waals surface area contributed by atoms with E-state index < -0.39 is 0 Å². The van der Waals surface area contributed by atoms with Crippen molar-refractivity contribution in [3.05, 3.63) is 23.8 Å². The van der Waals surface area contributed by atoms with Gasteiger partial charge in [-0.05, 0) is 43.0 Å². The molecule has 0 bridgehead atoms. The minimum Gasteiger partial charge on any atom is -0.497 e. The van der Waals surface area contributed by atoms with Gasteiger partial charge in [-0.25, -0.2) is 0 Å². The summed E-state index contributed by atoms with van der Waals surface area (Å²) in [6.07, 6.45) is 3.01. The van der Waals surface area contributed by atoms with Crippen LogP contribution >= 0.6 is 0 Å². The van der Waals surface area contributed by atoms with Crippen LogP contribution in [0.25, 0.3) is 0 Å². The van der Waals surface area contributed by atoms with Gasteiger partial charge in [-0.1, -0.05) is 0 Å². The summed E-state index contributed by atoms with van der Waals surface area (Å²) in [5, 5.41) is 0. The van der Waals surface area contributed by atoms with Crippen LogP contribution in [0, 0.1) is 5.92 Å². The van der Waals surface area contributed by atoms with Crippen LogP contribution in [0.2, 0.25) is 0 Å². The van der Waals surface area contributed by atoms with E-state index in [0.717, 1.165) is 49.4 Å². The minimum atomic E-state index is -0.0438. The number of benzene rings is 1. The molecule has 0 aromatic heterocycles. The normalized spacial score (nSPS) is 21.7. The molecule has 0 radical (unpaired) electrons. The second kappa shape index (κ2) is 5.11. The summed E-state index contributed by atoms with van der Waals surface area (Å²) >= 11 is 0. The van der Waals surface area contributed by atoms with Gasteiger partial charge in [0.15, 0.2) is 0 Å². The Bertz CT molecular complexity index is 480. The van der Waals surface area contributed by atoms with E-state index in [-0.39, 0.29) is 11.8 Å². The van der Waals surface area contributed by atoms with E-state index in [0.29, 0.717) is 6.61 Å². The van der Waals surface area contributed by atoms with Crippen LogP contribution in [-0.4, -0.2) is 37.6 Å². The summed E-state index contributed by atoms with van der Waals surface area (Å²) < 4.78 is 10.9.